The number of benzene rings is 1. The van der Waals surface area contributed by atoms with Crippen LogP contribution in [-0.2, 0) is 16.1 Å². The number of nitrogens with zero attached hydrogens (tertiary/aromatic N) is 2. The van der Waals surface area contributed by atoms with Gasteiger partial charge < -0.3 is 4.74 Å². The van der Waals surface area contributed by atoms with Crippen molar-refractivity contribution in [2.45, 2.75) is 6.54 Å². The Kier molecular flexibility index (Phi) is 4.00. The Hall–Kier alpha value is -0.960. The maximum Gasteiger partial charge on any atom is 0.327 e. The van der Waals surface area contributed by atoms with Gasteiger partial charge in [0.25, 0.3) is 5.56 Å². The summed E-state index contributed by atoms with van der Waals surface area (Å²) in [5, 5.41) is 5.38. The molecule has 1 aromatic carbocycles. The van der Waals surface area contributed by atoms with Gasteiger partial charge in [-0.3, -0.25) is 9.59 Å². The molecule has 0 N–H and O–H groups in total. The monoisotopic (exact) mass is 422 g/mol. The summed E-state index contributed by atoms with van der Waals surface area (Å²) in [5.74, 6) is -0.505. The van der Waals surface area contributed by atoms with Gasteiger partial charge in [-0.1, -0.05) is 22.0 Å². The smallest absolute Gasteiger partial charge is 0.327 e. The molecule has 18 heavy (non-hydrogen) atoms. The maximum absolute atomic E-state index is 12.2. The predicted molar refractivity (Wildman–Crippen MR) is 78.4 cm³/mol. The lowest BCUT2D eigenvalue weighted by Gasteiger charge is -2.07. The third kappa shape index (κ3) is 2.56. The van der Waals surface area contributed by atoms with E-state index in [2.05, 4.69) is 25.8 Å². The fourth-order valence-corrected chi connectivity index (χ4v) is 2.60. The summed E-state index contributed by atoms with van der Waals surface area (Å²) >= 11 is 5.35. The Bertz CT molecular complexity index is 684. The van der Waals surface area contributed by atoms with E-state index in [0.29, 0.717) is 9.09 Å². The molecule has 0 aliphatic rings. The molecule has 2 rings (SSSR count). The van der Waals surface area contributed by atoms with Gasteiger partial charge in [0, 0.05) is 9.86 Å². The van der Waals surface area contributed by atoms with Crippen LogP contribution in [0.4, 0.5) is 0 Å². The Balaban J connectivity index is 2.67. The molecule has 0 saturated heterocycles. The summed E-state index contributed by atoms with van der Waals surface area (Å²) in [5.41, 5.74) is -0.308. The number of rotatable bonds is 2. The SMILES string of the molecule is COC(=O)Cn1nc(I)c2ccc(Br)cc2c1=O. The average Bonchev–Trinajstić information content (AvgIpc) is 2.35. The van der Waals surface area contributed by atoms with Crippen LogP contribution in [0.15, 0.2) is 27.5 Å². The molecular formula is C11H8BrIN2O3. The number of hydrogen-bond donors (Lipinski definition) is 0. The summed E-state index contributed by atoms with van der Waals surface area (Å²) in [4.78, 5) is 23.4. The number of esters is 1. The summed E-state index contributed by atoms with van der Waals surface area (Å²) in [6, 6.07) is 5.38. The van der Waals surface area contributed by atoms with Gasteiger partial charge >= 0.3 is 5.97 Å². The van der Waals surface area contributed by atoms with Crippen molar-refractivity contribution >= 4 is 55.3 Å². The quantitative estimate of drug-likeness (QED) is 0.548. The largest absolute Gasteiger partial charge is 0.468 e. The zero-order valence-electron chi connectivity index (χ0n) is 9.31. The molecule has 0 atom stereocenters. The Morgan fingerprint density at radius 3 is 2.89 bits per heavy atom. The van der Waals surface area contributed by atoms with E-state index in [0.717, 1.165) is 14.5 Å². The van der Waals surface area contributed by atoms with Gasteiger partial charge in [-0.05, 0) is 34.7 Å². The second kappa shape index (κ2) is 5.35. The molecule has 0 amide bonds. The standard InChI is InChI=1S/C11H8BrIN2O3/c1-18-9(16)5-15-11(17)8-4-6(12)2-3-7(8)10(13)14-15/h2-4H,5H2,1H3. The molecule has 1 heterocycles. The first-order chi connectivity index (χ1) is 8.52. The van der Waals surface area contributed by atoms with Crippen molar-refractivity contribution < 1.29 is 9.53 Å². The van der Waals surface area contributed by atoms with Gasteiger partial charge in [0.05, 0.1) is 12.5 Å². The first kappa shape index (κ1) is 13.5. The molecule has 2 aromatic rings. The van der Waals surface area contributed by atoms with Crippen LogP contribution >= 0.6 is 38.5 Å². The van der Waals surface area contributed by atoms with Gasteiger partial charge in [-0.15, -0.1) is 0 Å². The van der Waals surface area contributed by atoms with E-state index in [1.54, 1.807) is 6.07 Å². The number of methoxy groups -OCH3 is 1. The number of halogens is 2. The van der Waals surface area contributed by atoms with Gasteiger partial charge in [0.1, 0.15) is 10.2 Å². The van der Waals surface area contributed by atoms with E-state index in [-0.39, 0.29) is 12.1 Å². The molecule has 7 heteroatoms. The van der Waals surface area contributed by atoms with E-state index in [1.807, 2.05) is 34.7 Å². The van der Waals surface area contributed by atoms with Crippen molar-refractivity contribution in [1.82, 2.24) is 9.78 Å². The normalized spacial score (nSPS) is 10.6. The number of ether oxygens (including phenoxy) is 1. The molecule has 0 bridgehead atoms. The van der Waals surface area contributed by atoms with Crippen molar-refractivity contribution in [3.05, 3.63) is 36.7 Å². The fraction of sp³-hybridized carbons (Fsp3) is 0.182. The van der Waals surface area contributed by atoms with Gasteiger partial charge in [0.15, 0.2) is 0 Å². The molecular weight excluding hydrogens is 415 g/mol. The maximum atomic E-state index is 12.2. The average molecular weight is 423 g/mol. The lowest BCUT2D eigenvalue weighted by molar-refractivity contribution is -0.141. The molecule has 94 valence electrons. The van der Waals surface area contributed by atoms with Gasteiger partial charge in [0.2, 0.25) is 0 Å². The zero-order valence-corrected chi connectivity index (χ0v) is 13.1. The van der Waals surface area contributed by atoms with Gasteiger partial charge in [-0.25, -0.2) is 4.68 Å². The third-order valence-corrected chi connectivity index (χ3v) is 3.67. The van der Waals surface area contributed by atoms with Crippen LogP contribution in [0.2, 0.25) is 0 Å². The van der Waals surface area contributed by atoms with Gasteiger partial charge in [-0.2, -0.15) is 5.10 Å². The number of carbonyl (C=O) groups is 1. The van der Waals surface area contributed by atoms with Crippen molar-refractivity contribution in [1.29, 1.82) is 0 Å². The summed E-state index contributed by atoms with van der Waals surface area (Å²) < 4.78 is 7.12. The molecule has 5 nitrogen and oxygen atoms in total. The topological polar surface area (TPSA) is 61.2 Å². The minimum absolute atomic E-state index is 0.187. The second-order valence-corrected chi connectivity index (χ2v) is 5.46. The number of carbonyl (C=O) groups excluding carboxylic acids is 1. The van der Waals surface area contributed by atoms with Crippen LogP contribution in [0.25, 0.3) is 10.8 Å². The van der Waals surface area contributed by atoms with Crippen LogP contribution in [0.5, 0.6) is 0 Å². The molecule has 0 spiro atoms. The minimum atomic E-state index is -0.505. The third-order valence-electron chi connectivity index (χ3n) is 2.38. The summed E-state index contributed by atoms with van der Waals surface area (Å²) in [6.07, 6.45) is 0. The van der Waals surface area contributed by atoms with E-state index in [1.165, 1.54) is 7.11 Å². The molecule has 1 aromatic heterocycles. The molecule has 0 fully saturated rings. The number of aromatic nitrogens is 2. The Morgan fingerprint density at radius 2 is 2.22 bits per heavy atom. The summed E-state index contributed by atoms with van der Waals surface area (Å²) in [7, 11) is 1.27. The molecule has 0 radical (unpaired) electrons. The van der Waals surface area contributed by atoms with Crippen LogP contribution in [-0.4, -0.2) is 22.9 Å². The predicted octanol–water partition coefficient (Wildman–Crippen LogP) is 1.94. The second-order valence-electron chi connectivity index (χ2n) is 3.52. The first-order valence-electron chi connectivity index (χ1n) is 4.95. The molecule has 0 aliphatic heterocycles. The molecule has 0 aliphatic carbocycles. The lowest BCUT2D eigenvalue weighted by Crippen LogP contribution is -2.28. The highest BCUT2D eigenvalue weighted by molar-refractivity contribution is 14.1. The first-order valence-corrected chi connectivity index (χ1v) is 6.83. The minimum Gasteiger partial charge on any atom is -0.468 e. The van der Waals surface area contributed by atoms with E-state index in [4.69, 9.17) is 0 Å². The zero-order chi connectivity index (χ0) is 13.3. The summed E-state index contributed by atoms with van der Waals surface area (Å²) in [6.45, 7) is -0.187. The Morgan fingerprint density at radius 1 is 1.50 bits per heavy atom. The molecule has 0 unspecified atom stereocenters. The van der Waals surface area contributed by atoms with E-state index < -0.39 is 5.97 Å². The number of fused-ring (bicyclic) bond motifs is 1. The fourth-order valence-electron chi connectivity index (χ4n) is 1.51. The highest BCUT2D eigenvalue weighted by atomic mass is 127. The van der Waals surface area contributed by atoms with Crippen LogP contribution < -0.4 is 5.56 Å². The number of hydrogen-bond acceptors (Lipinski definition) is 4. The van der Waals surface area contributed by atoms with Crippen LogP contribution in [0.1, 0.15) is 0 Å². The van der Waals surface area contributed by atoms with Crippen molar-refractivity contribution in [3.8, 4) is 0 Å². The van der Waals surface area contributed by atoms with Crippen molar-refractivity contribution in [2.75, 3.05) is 7.11 Å². The van der Waals surface area contributed by atoms with Crippen molar-refractivity contribution in [2.24, 2.45) is 0 Å². The lowest BCUT2D eigenvalue weighted by atomic mass is 10.2. The van der Waals surface area contributed by atoms with Crippen molar-refractivity contribution in [3.63, 3.8) is 0 Å². The van der Waals surface area contributed by atoms with Crippen LogP contribution in [0, 0.1) is 3.70 Å². The Labute approximate surface area is 124 Å². The van der Waals surface area contributed by atoms with E-state index >= 15 is 0 Å². The molecule has 0 saturated carbocycles. The highest BCUT2D eigenvalue weighted by Gasteiger charge is 2.11. The van der Waals surface area contributed by atoms with Crippen LogP contribution in [0.3, 0.4) is 0 Å². The highest BCUT2D eigenvalue weighted by Crippen LogP contribution is 2.20. The van der Waals surface area contributed by atoms with E-state index in [9.17, 15) is 9.59 Å².